The number of aliphatic imine (C=N–C) groups is 1. The smallest absolute Gasteiger partial charge is 0.191 e. The first kappa shape index (κ1) is 17.3. The first-order valence-electron chi connectivity index (χ1n) is 7.29. The van der Waals surface area contributed by atoms with Gasteiger partial charge in [-0.1, -0.05) is 19.0 Å². The summed E-state index contributed by atoms with van der Waals surface area (Å²) in [5, 5.41) is 10.8. The third-order valence-electron chi connectivity index (χ3n) is 3.26. The van der Waals surface area contributed by atoms with Crippen LogP contribution < -0.4 is 10.6 Å². The second kappa shape index (κ2) is 8.49. The molecule has 0 aliphatic heterocycles. The maximum absolute atomic E-state index is 5.36. The van der Waals surface area contributed by atoms with Gasteiger partial charge in [-0.3, -0.25) is 0 Å². The van der Waals surface area contributed by atoms with Crippen molar-refractivity contribution in [2.24, 2.45) is 4.99 Å². The van der Waals surface area contributed by atoms with Crippen LogP contribution in [0.4, 0.5) is 0 Å². The average Bonchev–Trinajstić information content (AvgIpc) is 3.14. The molecule has 0 aromatic carbocycles. The molecular formula is C14H25IN4O. The van der Waals surface area contributed by atoms with Crippen LogP contribution in [0.1, 0.15) is 50.6 Å². The zero-order valence-electron chi connectivity index (χ0n) is 12.5. The van der Waals surface area contributed by atoms with Crippen LogP contribution >= 0.6 is 24.0 Å². The van der Waals surface area contributed by atoms with E-state index in [0.29, 0.717) is 12.6 Å². The van der Waals surface area contributed by atoms with E-state index in [4.69, 9.17) is 4.52 Å². The van der Waals surface area contributed by atoms with Gasteiger partial charge in [-0.05, 0) is 26.2 Å². The number of nitrogens with zero attached hydrogens (tertiary/aromatic N) is 2. The summed E-state index contributed by atoms with van der Waals surface area (Å²) in [7, 11) is 0. The summed E-state index contributed by atoms with van der Waals surface area (Å²) in [4.78, 5) is 4.65. The average molecular weight is 392 g/mol. The van der Waals surface area contributed by atoms with E-state index >= 15 is 0 Å². The Hall–Kier alpha value is -0.790. The Labute approximate surface area is 138 Å². The molecule has 1 fully saturated rings. The number of guanidine groups is 1. The molecule has 0 bridgehead atoms. The summed E-state index contributed by atoms with van der Waals surface area (Å²) in [6.45, 7) is 7.78. The van der Waals surface area contributed by atoms with Crippen molar-refractivity contribution >= 4 is 29.9 Å². The lowest BCUT2D eigenvalue weighted by atomic mass is 10.1. The van der Waals surface area contributed by atoms with Crippen LogP contribution in [0, 0.1) is 0 Å². The van der Waals surface area contributed by atoms with Crippen LogP contribution in [0.25, 0.3) is 0 Å². The minimum absolute atomic E-state index is 0. The number of aromatic nitrogens is 1. The molecule has 2 rings (SSSR count). The molecule has 1 aliphatic rings. The van der Waals surface area contributed by atoms with Crippen LogP contribution in [0.3, 0.4) is 0 Å². The molecule has 114 valence electrons. The fourth-order valence-electron chi connectivity index (χ4n) is 2.02. The van der Waals surface area contributed by atoms with Gasteiger partial charge in [-0.15, -0.1) is 24.0 Å². The molecule has 5 nitrogen and oxygen atoms in total. The highest BCUT2D eigenvalue weighted by molar-refractivity contribution is 14.0. The summed E-state index contributed by atoms with van der Waals surface area (Å²) >= 11 is 0. The Bertz CT molecular complexity index is 419. The second-order valence-corrected chi connectivity index (χ2v) is 4.85. The fourth-order valence-corrected chi connectivity index (χ4v) is 2.02. The maximum atomic E-state index is 5.36. The van der Waals surface area contributed by atoms with Gasteiger partial charge >= 0.3 is 0 Å². The van der Waals surface area contributed by atoms with E-state index < -0.39 is 0 Å². The number of hydrogen-bond acceptors (Lipinski definition) is 3. The van der Waals surface area contributed by atoms with Gasteiger partial charge in [0.2, 0.25) is 0 Å². The Morgan fingerprint density at radius 3 is 2.60 bits per heavy atom. The first-order valence-corrected chi connectivity index (χ1v) is 7.29. The molecule has 1 aromatic rings. The van der Waals surface area contributed by atoms with E-state index in [-0.39, 0.29) is 24.0 Å². The van der Waals surface area contributed by atoms with Crippen LogP contribution in [0.15, 0.2) is 9.52 Å². The van der Waals surface area contributed by atoms with Crippen molar-refractivity contribution in [2.75, 3.05) is 6.54 Å². The monoisotopic (exact) mass is 392 g/mol. The van der Waals surface area contributed by atoms with Gasteiger partial charge in [0, 0.05) is 24.6 Å². The van der Waals surface area contributed by atoms with Gasteiger partial charge < -0.3 is 15.2 Å². The quantitative estimate of drug-likeness (QED) is 0.444. The van der Waals surface area contributed by atoms with Crippen molar-refractivity contribution in [2.45, 2.75) is 59.0 Å². The Morgan fingerprint density at radius 1 is 1.30 bits per heavy atom. The molecule has 20 heavy (non-hydrogen) atoms. The van der Waals surface area contributed by atoms with Gasteiger partial charge in [0.1, 0.15) is 5.76 Å². The third kappa shape index (κ3) is 4.64. The summed E-state index contributed by atoms with van der Waals surface area (Å²) in [5.41, 5.74) is 2.18. The Kier molecular flexibility index (Phi) is 7.32. The number of halogens is 1. The van der Waals surface area contributed by atoms with Crippen molar-refractivity contribution in [1.82, 2.24) is 15.8 Å². The summed E-state index contributed by atoms with van der Waals surface area (Å²) < 4.78 is 5.36. The van der Waals surface area contributed by atoms with Crippen LogP contribution in [0.5, 0.6) is 0 Å². The van der Waals surface area contributed by atoms with E-state index in [1.807, 2.05) is 0 Å². The summed E-state index contributed by atoms with van der Waals surface area (Å²) in [6.07, 6.45) is 4.25. The van der Waals surface area contributed by atoms with Gasteiger partial charge in [0.15, 0.2) is 5.96 Å². The molecule has 1 saturated carbocycles. The zero-order valence-corrected chi connectivity index (χ0v) is 14.9. The molecule has 0 saturated heterocycles. The van der Waals surface area contributed by atoms with Crippen LogP contribution in [-0.2, 0) is 19.4 Å². The lowest BCUT2D eigenvalue weighted by Crippen LogP contribution is -2.38. The molecule has 0 amide bonds. The Balaban J connectivity index is 0.00000200. The number of nitrogens with one attached hydrogen (secondary N) is 2. The van der Waals surface area contributed by atoms with Gasteiger partial charge in [-0.2, -0.15) is 0 Å². The SMILES string of the molecule is CCNC(=NCc1c(CC)noc1CC)NC1CC1.I. The standard InChI is InChI=1S/C14H24N4O.HI/c1-4-12-11(13(5-2)19-18-12)9-16-14(15-6-3)17-10-7-8-10;/h10H,4-9H2,1-3H3,(H2,15,16,17);1H. The lowest BCUT2D eigenvalue weighted by Gasteiger charge is -2.10. The highest BCUT2D eigenvalue weighted by Crippen LogP contribution is 2.19. The number of aryl methyl sites for hydroxylation is 2. The molecule has 1 heterocycles. The van der Waals surface area contributed by atoms with Crippen molar-refractivity contribution in [1.29, 1.82) is 0 Å². The highest BCUT2D eigenvalue weighted by atomic mass is 127. The van der Waals surface area contributed by atoms with E-state index in [0.717, 1.165) is 42.4 Å². The van der Waals surface area contributed by atoms with Gasteiger partial charge in [0.05, 0.1) is 12.2 Å². The predicted octanol–water partition coefficient (Wildman–Crippen LogP) is 2.63. The molecule has 6 heteroatoms. The van der Waals surface area contributed by atoms with E-state index in [9.17, 15) is 0 Å². The molecule has 0 spiro atoms. The van der Waals surface area contributed by atoms with Gasteiger partial charge in [0.25, 0.3) is 0 Å². The molecule has 0 unspecified atom stereocenters. The third-order valence-corrected chi connectivity index (χ3v) is 3.26. The first-order chi connectivity index (χ1) is 9.28. The van der Waals surface area contributed by atoms with E-state index in [2.05, 4.69) is 41.6 Å². The Morgan fingerprint density at radius 2 is 2.05 bits per heavy atom. The van der Waals surface area contributed by atoms with Crippen molar-refractivity contribution in [3.8, 4) is 0 Å². The zero-order chi connectivity index (χ0) is 13.7. The minimum atomic E-state index is 0. The van der Waals surface area contributed by atoms with Crippen LogP contribution in [0.2, 0.25) is 0 Å². The fraction of sp³-hybridized carbons (Fsp3) is 0.714. The lowest BCUT2D eigenvalue weighted by molar-refractivity contribution is 0.380. The summed E-state index contributed by atoms with van der Waals surface area (Å²) in [6, 6.07) is 0.608. The van der Waals surface area contributed by atoms with Crippen LogP contribution in [-0.4, -0.2) is 23.7 Å². The van der Waals surface area contributed by atoms with E-state index in [1.165, 1.54) is 12.8 Å². The number of rotatable bonds is 6. The van der Waals surface area contributed by atoms with Crippen molar-refractivity contribution < 1.29 is 4.52 Å². The molecule has 0 radical (unpaired) electrons. The predicted molar refractivity (Wildman–Crippen MR) is 91.6 cm³/mol. The van der Waals surface area contributed by atoms with Crippen molar-refractivity contribution in [3.05, 3.63) is 17.0 Å². The molecule has 2 N–H and O–H groups in total. The molecule has 0 atom stereocenters. The van der Waals surface area contributed by atoms with Crippen molar-refractivity contribution in [3.63, 3.8) is 0 Å². The minimum Gasteiger partial charge on any atom is -0.361 e. The normalized spacial score (nSPS) is 14.8. The molecular weight excluding hydrogens is 367 g/mol. The second-order valence-electron chi connectivity index (χ2n) is 4.85. The van der Waals surface area contributed by atoms with E-state index in [1.54, 1.807) is 0 Å². The number of hydrogen-bond donors (Lipinski definition) is 2. The topological polar surface area (TPSA) is 62.5 Å². The molecule has 1 aromatic heterocycles. The highest BCUT2D eigenvalue weighted by Gasteiger charge is 2.22. The summed E-state index contributed by atoms with van der Waals surface area (Å²) in [5.74, 6) is 1.86. The van der Waals surface area contributed by atoms with Gasteiger partial charge in [-0.25, -0.2) is 4.99 Å². The molecule has 1 aliphatic carbocycles. The maximum Gasteiger partial charge on any atom is 0.191 e. The largest absolute Gasteiger partial charge is 0.361 e.